The molecular weight excluding hydrogens is 418 g/mol. The summed E-state index contributed by atoms with van der Waals surface area (Å²) in [5, 5.41) is 0. The Kier molecular flexibility index (Phi) is 5.67. The predicted molar refractivity (Wildman–Crippen MR) is 103 cm³/mol. The monoisotopic (exact) mass is 437 g/mol. The summed E-state index contributed by atoms with van der Waals surface area (Å²) in [6.45, 7) is 1.93. The number of cyclic esters (lactones) is 1. The summed E-state index contributed by atoms with van der Waals surface area (Å²) in [7, 11) is -3.95. The summed E-state index contributed by atoms with van der Waals surface area (Å²) in [5.74, 6) is 0. The van der Waals surface area contributed by atoms with Crippen LogP contribution < -0.4 is 0 Å². The number of alkyl halides is 1. The van der Waals surface area contributed by atoms with Gasteiger partial charge in [-0.15, -0.1) is 0 Å². The lowest BCUT2D eigenvalue weighted by atomic mass is 10.1. The van der Waals surface area contributed by atoms with Gasteiger partial charge in [-0.2, -0.15) is 4.31 Å². The van der Waals surface area contributed by atoms with E-state index in [-0.39, 0.29) is 16.3 Å². The van der Waals surface area contributed by atoms with Gasteiger partial charge in [0.15, 0.2) is 0 Å². The number of hydrogen-bond acceptors (Lipinski definition) is 4. The predicted octanol–water partition coefficient (Wildman–Crippen LogP) is 3.90. The Morgan fingerprint density at radius 2 is 1.81 bits per heavy atom. The zero-order valence-electron chi connectivity index (χ0n) is 14.3. The van der Waals surface area contributed by atoms with Crippen LogP contribution in [-0.2, 0) is 21.2 Å². The van der Waals surface area contributed by atoms with E-state index in [4.69, 9.17) is 4.74 Å². The van der Waals surface area contributed by atoms with Gasteiger partial charge in [0.2, 0.25) is 0 Å². The normalized spacial score (nSPS) is 18.6. The number of benzene rings is 2. The number of aryl methyl sites for hydroxylation is 2. The van der Waals surface area contributed by atoms with E-state index in [0.29, 0.717) is 6.42 Å². The Bertz CT molecular complexity index is 868. The SMILES string of the molecule is Cc1ccc(S(=O)(=O)N2C(=O)OCC2[C@H](Br)CCc2ccccc2)cc1. The van der Waals surface area contributed by atoms with Crippen molar-refractivity contribution in [2.45, 2.75) is 35.5 Å². The maximum atomic E-state index is 12.9. The lowest BCUT2D eigenvalue weighted by molar-refractivity contribution is 0.170. The zero-order valence-corrected chi connectivity index (χ0v) is 16.7. The number of sulfonamides is 1. The fraction of sp³-hybridized carbons (Fsp3) is 0.316. The Morgan fingerprint density at radius 3 is 2.46 bits per heavy atom. The lowest BCUT2D eigenvalue weighted by Gasteiger charge is -2.25. The van der Waals surface area contributed by atoms with Crippen molar-refractivity contribution in [3.05, 3.63) is 65.7 Å². The molecule has 1 fully saturated rings. The molecule has 5 nitrogen and oxygen atoms in total. The van der Waals surface area contributed by atoms with Gasteiger partial charge in [-0.25, -0.2) is 13.2 Å². The number of ether oxygens (including phenoxy) is 1. The third-order valence-corrected chi connectivity index (χ3v) is 7.28. The van der Waals surface area contributed by atoms with Crippen molar-refractivity contribution in [1.29, 1.82) is 0 Å². The first-order chi connectivity index (χ1) is 12.4. The van der Waals surface area contributed by atoms with Crippen LogP contribution in [0.15, 0.2) is 59.5 Å². The minimum atomic E-state index is -3.95. The van der Waals surface area contributed by atoms with Crippen LogP contribution in [0.1, 0.15) is 17.5 Å². The average molecular weight is 438 g/mol. The van der Waals surface area contributed by atoms with E-state index in [2.05, 4.69) is 15.9 Å². The van der Waals surface area contributed by atoms with Gasteiger partial charge in [0.05, 0.1) is 10.9 Å². The molecule has 1 amide bonds. The molecule has 0 aliphatic carbocycles. The highest BCUT2D eigenvalue weighted by molar-refractivity contribution is 9.09. The number of rotatable bonds is 6. The van der Waals surface area contributed by atoms with E-state index in [1.54, 1.807) is 12.1 Å². The molecule has 0 spiro atoms. The molecule has 3 rings (SSSR count). The second-order valence-electron chi connectivity index (χ2n) is 6.30. The van der Waals surface area contributed by atoms with E-state index >= 15 is 0 Å². The largest absolute Gasteiger partial charge is 0.446 e. The minimum Gasteiger partial charge on any atom is -0.446 e. The second-order valence-corrected chi connectivity index (χ2v) is 9.29. The van der Waals surface area contributed by atoms with Crippen molar-refractivity contribution < 1.29 is 17.9 Å². The first-order valence-electron chi connectivity index (χ1n) is 8.35. The van der Waals surface area contributed by atoms with Gasteiger partial charge in [-0.05, 0) is 37.5 Å². The number of carbonyl (C=O) groups is 1. The summed E-state index contributed by atoms with van der Waals surface area (Å²) >= 11 is 3.57. The Labute approximate surface area is 162 Å². The maximum absolute atomic E-state index is 12.9. The lowest BCUT2D eigenvalue weighted by Crippen LogP contribution is -2.43. The van der Waals surface area contributed by atoms with Crippen LogP contribution in [0.4, 0.5) is 4.79 Å². The highest BCUT2D eigenvalue weighted by atomic mass is 79.9. The molecule has 1 aliphatic heterocycles. The van der Waals surface area contributed by atoms with Crippen molar-refractivity contribution in [2.75, 3.05) is 6.61 Å². The summed E-state index contributed by atoms with van der Waals surface area (Å²) in [6.07, 6.45) is 0.644. The molecule has 0 saturated carbocycles. The van der Waals surface area contributed by atoms with Crippen molar-refractivity contribution in [1.82, 2.24) is 4.31 Å². The highest BCUT2D eigenvalue weighted by Gasteiger charge is 2.45. The van der Waals surface area contributed by atoms with Gasteiger partial charge in [-0.1, -0.05) is 64.0 Å². The van der Waals surface area contributed by atoms with Gasteiger partial charge >= 0.3 is 6.09 Å². The Balaban J connectivity index is 1.78. The molecular formula is C19H20BrNO4S. The number of carbonyl (C=O) groups excluding carboxylic acids is 1. The van der Waals surface area contributed by atoms with Crippen LogP contribution in [0.3, 0.4) is 0 Å². The number of halogens is 1. The molecule has 2 aromatic rings. The molecule has 0 aromatic heterocycles. The van der Waals surface area contributed by atoms with Gasteiger partial charge in [0, 0.05) is 4.83 Å². The van der Waals surface area contributed by atoms with E-state index in [1.807, 2.05) is 37.3 Å². The van der Waals surface area contributed by atoms with Gasteiger partial charge in [0.25, 0.3) is 10.0 Å². The van der Waals surface area contributed by atoms with Crippen LogP contribution in [0.25, 0.3) is 0 Å². The third-order valence-electron chi connectivity index (χ3n) is 4.41. The quantitative estimate of drug-likeness (QED) is 0.642. The molecule has 138 valence electrons. The molecule has 2 aromatic carbocycles. The number of amides is 1. The smallest absolute Gasteiger partial charge is 0.424 e. The van der Waals surface area contributed by atoms with E-state index in [0.717, 1.165) is 21.9 Å². The Morgan fingerprint density at radius 1 is 1.15 bits per heavy atom. The molecule has 7 heteroatoms. The van der Waals surface area contributed by atoms with Gasteiger partial charge in [0.1, 0.15) is 6.61 Å². The number of nitrogens with zero attached hydrogens (tertiary/aromatic N) is 1. The van der Waals surface area contributed by atoms with Crippen LogP contribution in [0.2, 0.25) is 0 Å². The van der Waals surface area contributed by atoms with E-state index in [1.165, 1.54) is 12.1 Å². The van der Waals surface area contributed by atoms with Crippen LogP contribution in [-0.4, -0.2) is 36.3 Å². The van der Waals surface area contributed by atoms with Crippen LogP contribution in [0.5, 0.6) is 0 Å². The fourth-order valence-electron chi connectivity index (χ4n) is 2.92. The molecule has 0 radical (unpaired) electrons. The highest BCUT2D eigenvalue weighted by Crippen LogP contribution is 2.30. The number of hydrogen-bond donors (Lipinski definition) is 0. The van der Waals surface area contributed by atoms with Gasteiger partial charge in [-0.3, -0.25) is 0 Å². The summed E-state index contributed by atoms with van der Waals surface area (Å²) in [4.78, 5) is 12.0. The molecule has 1 heterocycles. The van der Waals surface area contributed by atoms with E-state index in [9.17, 15) is 13.2 Å². The molecule has 0 bridgehead atoms. The second kappa shape index (κ2) is 7.80. The standard InChI is InChI=1S/C19H20BrNO4S/c1-14-7-10-16(11-8-14)26(23,24)21-18(13-25-19(21)22)17(20)12-9-15-5-3-2-4-6-15/h2-8,10-11,17-18H,9,12-13H2,1H3/t17-,18?/m1/s1. The van der Waals surface area contributed by atoms with Crippen molar-refractivity contribution in [3.8, 4) is 0 Å². The summed E-state index contributed by atoms with van der Waals surface area (Å²) in [6, 6.07) is 15.8. The topological polar surface area (TPSA) is 63.7 Å². The summed E-state index contributed by atoms with van der Waals surface area (Å²) in [5.41, 5.74) is 2.11. The fourth-order valence-corrected chi connectivity index (χ4v) is 5.21. The summed E-state index contributed by atoms with van der Waals surface area (Å²) < 4.78 is 31.8. The van der Waals surface area contributed by atoms with Crippen LogP contribution >= 0.6 is 15.9 Å². The minimum absolute atomic E-state index is 0.0502. The Hall–Kier alpha value is -1.86. The van der Waals surface area contributed by atoms with E-state index < -0.39 is 22.2 Å². The first kappa shape index (κ1) is 18.9. The third kappa shape index (κ3) is 3.94. The first-order valence-corrected chi connectivity index (χ1v) is 10.7. The van der Waals surface area contributed by atoms with Crippen molar-refractivity contribution in [3.63, 3.8) is 0 Å². The van der Waals surface area contributed by atoms with Gasteiger partial charge < -0.3 is 4.74 Å². The van der Waals surface area contributed by atoms with Crippen LogP contribution in [0, 0.1) is 6.92 Å². The molecule has 1 unspecified atom stereocenters. The molecule has 2 atom stereocenters. The molecule has 1 aliphatic rings. The zero-order chi connectivity index (χ0) is 18.7. The molecule has 1 saturated heterocycles. The average Bonchev–Trinajstić information content (AvgIpc) is 3.03. The molecule has 26 heavy (non-hydrogen) atoms. The molecule has 0 N–H and O–H groups in total. The van der Waals surface area contributed by atoms with Crippen molar-refractivity contribution in [2.24, 2.45) is 0 Å². The van der Waals surface area contributed by atoms with Crippen molar-refractivity contribution >= 4 is 32.0 Å². The maximum Gasteiger partial charge on any atom is 0.424 e.